The highest BCUT2D eigenvalue weighted by Gasteiger charge is 2.31. The minimum absolute atomic E-state index is 0.136. The van der Waals surface area contributed by atoms with Gasteiger partial charge < -0.3 is 15.8 Å². The maximum atomic E-state index is 12.3. The number of halogens is 3. The zero-order valence-electron chi connectivity index (χ0n) is 11.8. The molecule has 0 unspecified atom stereocenters. The molecule has 3 nitrogen and oxygen atoms in total. The topological polar surface area (TPSA) is 47.3 Å². The van der Waals surface area contributed by atoms with Gasteiger partial charge in [0.05, 0.1) is 0 Å². The molecule has 0 saturated heterocycles. The van der Waals surface area contributed by atoms with E-state index in [0.29, 0.717) is 24.1 Å². The van der Waals surface area contributed by atoms with E-state index in [4.69, 9.17) is 5.73 Å². The number of alkyl halides is 3. The van der Waals surface area contributed by atoms with Crippen molar-refractivity contribution in [2.45, 2.75) is 44.6 Å². The van der Waals surface area contributed by atoms with E-state index >= 15 is 0 Å². The molecule has 21 heavy (non-hydrogen) atoms. The SMILES string of the molecule is N[C@H]1CC[C@@H](CNCc2ccccc2OC(F)(F)F)CC1. The Hall–Kier alpha value is -1.27. The molecule has 1 aliphatic rings. The molecule has 0 amide bonds. The predicted molar refractivity (Wildman–Crippen MR) is 74.8 cm³/mol. The van der Waals surface area contributed by atoms with Gasteiger partial charge in [0.1, 0.15) is 5.75 Å². The Morgan fingerprint density at radius 1 is 1.14 bits per heavy atom. The van der Waals surface area contributed by atoms with E-state index in [0.717, 1.165) is 32.2 Å². The van der Waals surface area contributed by atoms with Crippen LogP contribution in [0.15, 0.2) is 24.3 Å². The molecule has 6 heteroatoms. The minimum atomic E-state index is -4.66. The Balaban J connectivity index is 1.83. The highest BCUT2D eigenvalue weighted by atomic mass is 19.4. The van der Waals surface area contributed by atoms with Gasteiger partial charge in [0.15, 0.2) is 0 Å². The highest BCUT2D eigenvalue weighted by molar-refractivity contribution is 5.33. The molecule has 0 heterocycles. The van der Waals surface area contributed by atoms with Gasteiger partial charge in [0.25, 0.3) is 0 Å². The Morgan fingerprint density at radius 2 is 1.81 bits per heavy atom. The molecule has 1 aromatic rings. The molecule has 0 atom stereocenters. The smallest absolute Gasteiger partial charge is 0.405 e. The molecule has 1 aromatic carbocycles. The molecule has 1 saturated carbocycles. The molecular formula is C15H21F3N2O. The molecule has 1 fully saturated rings. The first kappa shape index (κ1) is 16.1. The average molecular weight is 302 g/mol. The van der Waals surface area contributed by atoms with Crippen LogP contribution in [0.1, 0.15) is 31.2 Å². The van der Waals surface area contributed by atoms with E-state index in [1.807, 2.05) is 0 Å². The summed E-state index contributed by atoms with van der Waals surface area (Å²) in [5.41, 5.74) is 6.37. The number of nitrogens with two attached hydrogens (primary N) is 1. The minimum Gasteiger partial charge on any atom is -0.405 e. The molecule has 0 spiro atoms. The lowest BCUT2D eigenvalue weighted by molar-refractivity contribution is -0.274. The van der Waals surface area contributed by atoms with Crippen LogP contribution >= 0.6 is 0 Å². The second-order valence-electron chi connectivity index (χ2n) is 5.57. The van der Waals surface area contributed by atoms with Crippen molar-refractivity contribution < 1.29 is 17.9 Å². The summed E-state index contributed by atoms with van der Waals surface area (Å²) >= 11 is 0. The fourth-order valence-electron chi connectivity index (χ4n) is 2.68. The quantitative estimate of drug-likeness (QED) is 0.878. The van der Waals surface area contributed by atoms with Crippen LogP contribution in [0.3, 0.4) is 0 Å². The Labute approximate surface area is 122 Å². The van der Waals surface area contributed by atoms with Gasteiger partial charge >= 0.3 is 6.36 Å². The molecule has 0 radical (unpaired) electrons. The zero-order chi connectivity index (χ0) is 15.3. The third-order valence-corrected chi connectivity index (χ3v) is 3.84. The van der Waals surface area contributed by atoms with Crippen LogP contribution in [-0.4, -0.2) is 18.9 Å². The van der Waals surface area contributed by atoms with Crippen molar-refractivity contribution in [3.05, 3.63) is 29.8 Å². The van der Waals surface area contributed by atoms with Gasteiger partial charge in [-0.05, 0) is 44.2 Å². The number of rotatable bonds is 5. The Kier molecular flexibility index (Phi) is 5.47. The lowest BCUT2D eigenvalue weighted by Crippen LogP contribution is -2.31. The van der Waals surface area contributed by atoms with Crippen LogP contribution in [0.5, 0.6) is 5.75 Å². The Bertz CT molecular complexity index is 443. The number of ether oxygens (including phenoxy) is 1. The van der Waals surface area contributed by atoms with Gasteiger partial charge in [-0.2, -0.15) is 0 Å². The summed E-state index contributed by atoms with van der Waals surface area (Å²) in [7, 11) is 0. The number of hydrogen-bond acceptors (Lipinski definition) is 3. The second-order valence-corrected chi connectivity index (χ2v) is 5.57. The zero-order valence-corrected chi connectivity index (χ0v) is 11.8. The van der Waals surface area contributed by atoms with Crippen molar-refractivity contribution in [2.24, 2.45) is 11.7 Å². The van der Waals surface area contributed by atoms with Crippen LogP contribution in [0.2, 0.25) is 0 Å². The first-order valence-corrected chi connectivity index (χ1v) is 7.24. The van der Waals surface area contributed by atoms with E-state index in [-0.39, 0.29) is 5.75 Å². The normalized spacial score (nSPS) is 23.0. The summed E-state index contributed by atoms with van der Waals surface area (Å²) in [6.45, 7) is 1.17. The maximum Gasteiger partial charge on any atom is 0.573 e. The van der Waals surface area contributed by atoms with Crippen LogP contribution in [0, 0.1) is 5.92 Å². The van der Waals surface area contributed by atoms with Crippen molar-refractivity contribution in [1.29, 1.82) is 0 Å². The van der Waals surface area contributed by atoms with Crippen molar-refractivity contribution in [3.63, 3.8) is 0 Å². The van der Waals surface area contributed by atoms with Gasteiger partial charge in [-0.25, -0.2) is 0 Å². The van der Waals surface area contributed by atoms with Crippen LogP contribution < -0.4 is 15.8 Å². The lowest BCUT2D eigenvalue weighted by atomic mass is 9.86. The number of nitrogens with one attached hydrogen (secondary N) is 1. The van der Waals surface area contributed by atoms with Crippen molar-refractivity contribution in [1.82, 2.24) is 5.32 Å². The number of para-hydroxylation sites is 1. The molecule has 118 valence electrons. The van der Waals surface area contributed by atoms with Crippen LogP contribution in [0.4, 0.5) is 13.2 Å². The molecule has 0 aliphatic heterocycles. The molecular weight excluding hydrogens is 281 g/mol. The third kappa shape index (κ3) is 5.55. The second kappa shape index (κ2) is 7.13. The molecule has 1 aliphatic carbocycles. The van der Waals surface area contributed by atoms with Gasteiger partial charge in [-0.3, -0.25) is 0 Å². The fraction of sp³-hybridized carbons (Fsp3) is 0.600. The van der Waals surface area contributed by atoms with E-state index in [9.17, 15) is 13.2 Å². The average Bonchev–Trinajstić information content (AvgIpc) is 2.41. The van der Waals surface area contributed by atoms with Gasteiger partial charge in [0, 0.05) is 18.2 Å². The monoisotopic (exact) mass is 302 g/mol. The van der Waals surface area contributed by atoms with E-state index in [2.05, 4.69) is 10.1 Å². The predicted octanol–water partition coefficient (Wildman–Crippen LogP) is 3.19. The first-order chi connectivity index (χ1) is 9.94. The Morgan fingerprint density at radius 3 is 2.48 bits per heavy atom. The number of hydrogen-bond donors (Lipinski definition) is 2. The summed E-state index contributed by atoms with van der Waals surface area (Å²) in [5, 5.41) is 3.22. The largest absolute Gasteiger partial charge is 0.573 e. The summed E-state index contributed by atoms with van der Waals surface area (Å²) in [6, 6.07) is 6.53. The van der Waals surface area contributed by atoms with Crippen LogP contribution in [0.25, 0.3) is 0 Å². The van der Waals surface area contributed by atoms with E-state index < -0.39 is 6.36 Å². The fourth-order valence-corrected chi connectivity index (χ4v) is 2.68. The third-order valence-electron chi connectivity index (χ3n) is 3.84. The molecule has 0 aromatic heterocycles. The maximum absolute atomic E-state index is 12.3. The molecule has 3 N–H and O–H groups in total. The number of benzene rings is 1. The van der Waals surface area contributed by atoms with E-state index in [1.54, 1.807) is 12.1 Å². The van der Waals surface area contributed by atoms with Gasteiger partial charge in [-0.15, -0.1) is 13.2 Å². The van der Waals surface area contributed by atoms with Gasteiger partial charge in [-0.1, -0.05) is 18.2 Å². The van der Waals surface area contributed by atoms with Crippen molar-refractivity contribution in [3.8, 4) is 5.75 Å². The summed E-state index contributed by atoms with van der Waals surface area (Å²) in [6.07, 6.45) is -0.445. The van der Waals surface area contributed by atoms with Crippen molar-refractivity contribution in [2.75, 3.05) is 6.54 Å². The van der Waals surface area contributed by atoms with E-state index in [1.165, 1.54) is 12.1 Å². The first-order valence-electron chi connectivity index (χ1n) is 7.24. The van der Waals surface area contributed by atoms with Crippen LogP contribution in [-0.2, 0) is 6.54 Å². The highest BCUT2D eigenvalue weighted by Crippen LogP contribution is 2.26. The van der Waals surface area contributed by atoms with Crippen molar-refractivity contribution >= 4 is 0 Å². The standard InChI is InChI=1S/C15H21F3N2O/c16-15(17,18)21-14-4-2-1-3-12(14)10-20-9-11-5-7-13(19)8-6-11/h1-4,11,13,20H,5-10,19H2/t11-,13+. The summed E-state index contributed by atoms with van der Waals surface area (Å²) < 4.78 is 41.0. The molecule has 0 bridgehead atoms. The summed E-state index contributed by atoms with van der Waals surface area (Å²) in [4.78, 5) is 0. The molecule has 2 rings (SSSR count). The van der Waals surface area contributed by atoms with Gasteiger partial charge in [0.2, 0.25) is 0 Å². The summed E-state index contributed by atoms with van der Waals surface area (Å²) in [5.74, 6) is 0.420. The lowest BCUT2D eigenvalue weighted by Gasteiger charge is -2.26.